The van der Waals surface area contributed by atoms with Crippen LogP contribution in [0.4, 0.5) is 5.69 Å². The number of rotatable bonds is 6. The third-order valence-corrected chi connectivity index (χ3v) is 2.91. The van der Waals surface area contributed by atoms with E-state index in [1.54, 1.807) is 7.11 Å². The molecular formula is C13H22N2O. The van der Waals surface area contributed by atoms with Gasteiger partial charge in [-0.3, -0.25) is 0 Å². The Kier molecular flexibility index (Phi) is 5.12. The van der Waals surface area contributed by atoms with Crippen molar-refractivity contribution in [1.29, 1.82) is 0 Å². The molecule has 0 radical (unpaired) electrons. The molecule has 0 spiro atoms. The van der Waals surface area contributed by atoms with Crippen LogP contribution in [0.3, 0.4) is 0 Å². The van der Waals surface area contributed by atoms with Crippen molar-refractivity contribution in [1.82, 2.24) is 5.32 Å². The van der Waals surface area contributed by atoms with Crippen LogP contribution in [0.15, 0.2) is 24.3 Å². The van der Waals surface area contributed by atoms with E-state index in [9.17, 15) is 0 Å². The van der Waals surface area contributed by atoms with Crippen LogP contribution in [0.1, 0.15) is 13.3 Å². The third-order valence-electron chi connectivity index (χ3n) is 2.91. The second-order valence-corrected chi connectivity index (χ2v) is 3.97. The van der Waals surface area contributed by atoms with Gasteiger partial charge in [-0.15, -0.1) is 0 Å². The minimum Gasteiger partial charge on any atom is -0.497 e. The molecule has 0 saturated heterocycles. The lowest BCUT2D eigenvalue weighted by atomic mass is 10.2. The lowest BCUT2D eigenvalue weighted by molar-refractivity contribution is 0.415. The highest BCUT2D eigenvalue weighted by molar-refractivity contribution is 5.48. The number of hydrogen-bond donors (Lipinski definition) is 1. The van der Waals surface area contributed by atoms with Gasteiger partial charge in [-0.2, -0.15) is 0 Å². The summed E-state index contributed by atoms with van der Waals surface area (Å²) in [7, 11) is 5.81. The van der Waals surface area contributed by atoms with Crippen LogP contribution in [0.2, 0.25) is 0 Å². The Morgan fingerprint density at radius 3 is 2.38 bits per heavy atom. The summed E-state index contributed by atoms with van der Waals surface area (Å²) in [5.41, 5.74) is 1.22. The number of anilines is 1. The molecule has 3 nitrogen and oxygen atoms in total. The first-order valence-corrected chi connectivity index (χ1v) is 5.73. The number of methoxy groups -OCH3 is 1. The number of likely N-dealkylation sites (N-methyl/N-ethyl adjacent to an activating group) is 2. The lowest BCUT2D eigenvalue weighted by Crippen LogP contribution is -2.37. The van der Waals surface area contributed by atoms with Crippen LogP contribution in [0, 0.1) is 0 Å². The van der Waals surface area contributed by atoms with E-state index in [0.29, 0.717) is 6.04 Å². The molecular weight excluding hydrogens is 200 g/mol. The van der Waals surface area contributed by atoms with Gasteiger partial charge in [0.2, 0.25) is 0 Å². The van der Waals surface area contributed by atoms with Crippen molar-refractivity contribution in [3.8, 4) is 5.75 Å². The molecule has 1 N–H and O–H groups in total. The number of hydrogen-bond acceptors (Lipinski definition) is 3. The van der Waals surface area contributed by atoms with E-state index in [4.69, 9.17) is 4.74 Å². The highest BCUT2D eigenvalue weighted by atomic mass is 16.5. The summed E-state index contributed by atoms with van der Waals surface area (Å²) in [5, 5.41) is 3.31. The SMILES string of the molecule is CCC(CN(C)c1ccc(OC)cc1)NC. The smallest absolute Gasteiger partial charge is 0.119 e. The third kappa shape index (κ3) is 3.42. The van der Waals surface area contributed by atoms with Crippen LogP contribution in [0.5, 0.6) is 5.75 Å². The van der Waals surface area contributed by atoms with E-state index in [0.717, 1.165) is 18.7 Å². The molecule has 1 atom stereocenters. The first-order valence-electron chi connectivity index (χ1n) is 5.73. The van der Waals surface area contributed by atoms with Gasteiger partial charge in [0.1, 0.15) is 5.75 Å². The first kappa shape index (κ1) is 12.8. The summed E-state index contributed by atoms with van der Waals surface area (Å²) in [4.78, 5) is 2.25. The topological polar surface area (TPSA) is 24.5 Å². The van der Waals surface area contributed by atoms with Crippen molar-refractivity contribution in [2.24, 2.45) is 0 Å². The Labute approximate surface area is 98.4 Å². The average molecular weight is 222 g/mol. The van der Waals surface area contributed by atoms with E-state index in [2.05, 4.69) is 36.3 Å². The highest BCUT2D eigenvalue weighted by Crippen LogP contribution is 2.18. The average Bonchev–Trinajstić information content (AvgIpc) is 2.35. The molecule has 0 fully saturated rings. The zero-order valence-corrected chi connectivity index (χ0v) is 10.7. The van der Waals surface area contributed by atoms with Crippen LogP contribution in [-0.4, -0.2) is 33.8 Å². The van der Waals surface area contributed by atoms with E-state index in [1.165, 1.54) is 5.69 Å². The summed E-state index contributed by atoms with van der Waals surface area (Å²) in [5.74, 6) is 0.901. The lowest BCUT2D eigenvalue weighted by Gasteiger charge is -2.24. The van der Waals surface area contributed by atoms with Gasteiger partial charge < -0.3 is 15.0 Å². The molecule has 0 aromatic heterocycles. The van der Waals surface area contributed by atoms with Gasteiger partial charge in [-0.25, -0.2) is 0 Å². The van der Waals surface area contributed by atoms with Crippen molar-refractivity contribution in [3.05, 3.63) is 24.3 Å². The predicted molar refractivity (Wildman–Crippen MR) is 69.4 cm³/mol. The van der Waals surface area contributed by atoms with Crippen molar-refractivity contribution >= 4 is 5.69 Å². The van der Waals surface area contributed by atoms with Gasteiger partial charge in [0.05, 0.1) is 7.11 Å². The molecule has 0 saturated carbocycles. The molecule has 0 aliphatic heterocycles. The Morgan fingerprint density at radius 2 is 1.94 bits per heavy atom. The van der Waals surface area contributed by atoms with Crippen LogP contribution < -0.4 is 15.0 Å². The molecule has 16 heavy (non-hydrogen) atoms. The maximum atomic E-state index is 5.14. The Balaban J connectivity index is 2.61. The van der Waals surface area contributed by atoms with E-state index >= 15 is 0 Å². The van der Waals surface area contributed by atoms with Gasteiger partial charge in [-0.05, 0) is 37.7 Å². The number of nitrogens with zero attached hydrogens (tertiary/aromatic N) is 1. The second kappa shape index (κ2) is 6.38. The van der Waals surface area contributed by atoms with E-state index in [-0.39, 0.29) is 0 Å². The van der Waals surface area contributed by atoms with Gasteiger partial charge in [0.25, 0.3) is 0 Å². The van der Waals surface area contributed by atoms with E-state index < -0.39 is 0 Å². The Bertz CT molecular complexity index is 293. The van der Waals surface area contributed by atoms with Crippen molar-refractivity contribution in [3.63, 3.8) is 0 Å². The first-order chi connectivity index (χ1) is 7.71. The van der Waals surface area contributed by atoms with Crippen LogP contribution in [0.25, 0.3) is 0 Å². The molecule has 0 aliphatic rings. The fourth-order valence-electron chi connectivity index (χ4n) is 1.70. The number of nitrogens with one attached hydrogen (secondary N) is 1. The monoisotopic (exact) mass is 222 g/mol. The number of benzene rings is 1. The second-order valence-electron chi connectivity index (χ2n) is 3.97. The molecule has 0 amide bonds. The van der Waals surface area contributed by atoms with E-state index in [1.807, 2.05) is 19.2 Å². The summed E-state index contributed by atoms with van der Waals surface area (Å²) < 4.78 is 5.14. The molecule has 1 rings (SSSR count). The maximum absolute atomic E-state index is 5.14. The standard InChI is InChI=1S/C13H22N2O/c1-5-11(14-2)10-15(3)12-6-8-13(16-4)9-7-12/h6-9,11,14H,5,10H2,1-4H3. The molecule has 1 aromatic rings. The van der Waals surface area contributed by atoms with Gasteiger partial charge in [0, 0.05) is 25.3 Å². The van der Waals surface area contributed by atoms with Crippen LogP contribution >= 0.6 is 0 Å². The molecule has 0 bridgehead atoms. The van der Waals surface area contributed by atoms with Gasteiger partial charge >= 0.3 is 0 Å². The minimum atomic E-state index is 0.534. The fourth-order valence-corrected chi connectivity index (χ4v) is 1.70. The predicted octanol–water partition coefficient (Wildman–Crippen LogP) is 2.13. The molecule has 1 unspecified atom stereocenters. The summed E-state index contributed by atoms with van der Waals surface area (Å²) in [6, 6.07) is 8.69. The maximum Gasteiger partial charge on any atom is 0.119 e. The summed E-state index contributed by atoms with van der Waals surface area (Å²) in [6.45, 7) is 3.21. The highest BCUT2D eigenvalue weighted by Gasteiger charge is 2.07. The molecule has 1 aromatic carbocycles. The van der Waals surface area contributed by atoms with Gasteiger partial charge in [-0.1, -0.05) is 6.92 Å². The zero-order chi connectivity index (χ0) is 12.0. The molecule has 0 aliphatic carbocycles. The van der Waals surface area contributed by atoms with Crippen molar-refractivity contribution in [2.45, 2.75) is 19.4 Å². The fraction of sp³-hybridized carbons (Fsp3) is 0.538. The Hall–Kier alpha value is -1.22. The molecule has 90 valence electrons. The normalized spacial score (nSPS) is 12.2. The van der Waals surface area contributed by atoms with Crippen molar-refractivity contribution < 1.29 is 4.74 Å². The molecule has 0 heterocycles. The largest absolute Gasteiger partial charge is 0.497 e. The summed E-state index contributed by atoms with van der Waals surface area (Å²) >= 11 is 0. The quantitative estimate of drug-likeness (QED) is 0.798. The molecule has 3 heteroatoms. The zero-order valence-electron chi connectivity index (χ0n) is 10.7. The van der Waals surface area contributed by atoms with Crippen molar-refractivity contribution in [2.75, 3.05) is 32.6 Å². The minimum absolute atomic E-state index is 0.534. The summed E-state index contributed by atoms with van der Waals surface area (Å²) in [6.07, 6.45) is 1.14. The van der Waals surface area contributed by atoms with Gasteiger partial charge in [0.15, 0.2) is 0 Å². The van der Waals surface area contributed by atoms with Crippen LogP contribution in [-0.2, 0) is 0 Å². The Morgan fingerprint density at radius 1 is 1.31 bits per heavy atom. The number of ether oxygens (including phenoxy) is 1.